The Bertz CT molecular complexity index is 293. The molecular weight excluding hydrogens is 226 g/mol. The van der Waals surface area contributed by atoms with Crippen molar-refractivity contribution in [1.29, 1.82) is 0 Å². The van der Waals surface area contributed by atoms with Crippen LogP contribution in [0.1, 0.15) is 39.5 Å². The highest BCUT2D eigenvalue weighted by atomic mass is 16.1. The lowest BCUT2D eigenvalue weighted by Gasteiger charge is -2.46. The number of piperazine rings is 1. The lowest BCUT2D eigenvalue weighted by atomic mass is 9.76. The second-order valence-corrected chi connectivity index (χ2v) is 6.12. The van der Waals surface area contributed by atoms with Crippen molar-refractivity contribution < 1.29 is 4.79 Å². The molecule has 2 aliphatic rings. The highest BCUT2D eigenvalue weighted by Gasteiger charge is 2.38. The van der Waals surface area contributed by atoms with E-state index in [0.717, 1.165) is 25.6 Å². The smallest absolute Gasteiger partial charge is 0.236 e. The summed E-state index contributed by atoms with van der Waals surface area (Å²) in [4.78, 5) is 14.0. The zero-order valence-corrected chi connectivity index (χ0v) is 11.7. The molecular formula is C14H27N3O. The molecule has 1 aliphatic carbocycles. The fourth-order valence-electron chi connectivity index (χ4n) is 3.71. The number of nitrogens with two attached hydrogens (primary N) is 1. The van der Waals surface area contributed by atoms with Gasteiger partial charge in [-0.15, -0.1) is 0 Å². The van der Waals surface area contributed by atoms with Gasteiger partial charge in [-0.1, -0.05) is 26.7 Å². The topological polar surface area (TPSA) is 58.4 Å². The van der Waals surface area contributed by atoms with Crippen LogP contribution in [0.4, 0.5) is 0 Å². The van der Waals surface area contributed by atoms with Crippen molar-refractivity contribution in [2.75, 3.05) is 19.6 Å². The SMILES string of the molecule is CC(C)C1CCCCC1N1CCNCC1C(N)=O. The van der Waals surface area contributed by atoms with E-state index in [0.29, 0.717) is 12.0 Å². The van der Waals surface area contributed by atoms with Crippen LogP contribution in [0.25, 0.3) is 0 Å². The van der Waals surface area contributed by atoms with E-state index in [-0.39, 0.29) is 11.9 Å². The van der Waals surface area contributed by atoms with Crippen molar-refractivity contribution in [3.05, 3.63) is 0 Å². The van der Waals surface area contributed by atoms with Crippen LogP contribution in [0, 0.1) is 11.8 Å². The van der Waals surface area contributed by atoms with Crippen molar-refractivity contribution in [1.82, 2.24) is 10.2 Å². The normalized spacial score (nSPS) is 34.7. The Labute approximate surface area is 110 Å². The lowest BCUT2D eigenvalue weighted by molar-refractivity contribution is -0.126. The third-order valence-electron chi connectivity index (χ3n) is 4.68. The number of hydrogen-bond acceptors (Lipinski definition) is 3. The van der Waals surface area contributed by atoms with Gasteiger partial charge in [0.25, 0.3) is 0 Å². The molecule has 4 heteroatoms. The number of primary amides is 1. The summed E-state index contributed by atoms with van der Waals surface area (Å²) in [7, 11) is 0. The van der Waals surface area contributed by atoms with Crippen LogP contribution in [-0.2, 0) is 4.79 Å². The number of nitrogens with zero attached hydrogens (tertiary/aromatic N) is 1. The minimum absolute atomic E-state index is 0.108. The Morgan fingerprint density at radius 2 is 2.06 bits per heavy atom. The van der Waals surface area contributed by atoms with Gasteiger partial charge >= 0.3 is 0 Å². The minimum atomic E-state index is -0.171. The molecule has 3 atom stereocenters. The Balaban J connectivity index is 2.12. The second-order valence-electron chi connectivity index (χ2n) is 6.12. The van der Waals surface area contributed by atoms with Crippen LogP contribution >= 0.6 is 0 Å². The Kier molecular flexibility index (Phi) is 4.62. The van der Waals surface area contributed by atoms with E-state index in [1.54, 1.807) is 0 Å². The summed E-state index contributed by atoms with van der Waals surface area (Å²) >= 11 is 0. The molecule has 0 aromatic carbocycles. The predicted octanol–water partition coefficient (Wildman–Crippen LogP) is 0.960. The highest BCUT2D eigenvalue weighted by Crippen LogP contribution is 2.34. The Morgan fingerprint density at radius 1 is 1.33 bits per heavy atom. The van der Waals surface area contributed by atoms with Gasteiger partial charge in [0.1, 0.15) is 6.04 Å². The number of carbonyl (C=O) groups excluding carboxylic acids is 1. The standard InChI is InChI=1S/C14H27N3O/c1-10(2)11-5-3-4-6-12(11)17-8-7-16-9-13(17)14(15)18/h10-13,16H,3-9H2,1-2H3,(H2,15,18). The van der Waals surface area contributed by atoms with Crippen molar-refractivity contribution in [3.8, 4) is 0 Å². The van der Waals surface area contributed by atoms with Gasteiger partial charge in [-0.2, -0.15) is 0 Å². The van der Waals surface area contributed by atoms with Gasteiger partial charge in [0.05, 0.1) is 0 Å². The van der Waals surface area contributed by atoms with Gasteiger partial charge < -0.3 is 11.1 Å². The third-order valence-corrected chi connectivity index (χ3v) is 4.68. The van der Waals surface area contributed by atoms with Gasteiger partial charge in [0.15, 0.2) is 0 Å². The van der Waals surface area contributed by atoms with Crippen molar-refractivity contribution in [3.63, 3.8) is 0 Å². The van der Waals surface area contributed by atoms with Gasteiger partial charge in [-0.3, -0.25) is 9.69 Å². The van der Waals surface area contributed by atoms with Crippen LogP contribution in [0.2, 0.25) is 0 Å². The van der Waals surface area contributed by atoms with E-state index in [1.807, 2.05) is 0 Å². The fraction of sp³-hybridized carbons (Fsp3) is 0.929. The number of amides is 1. The van der Waals surface area contributed by atoms with Crippen molar-refractivity contribution in [2.45, 2.75) is 51.6 Å². The predicted molar refractivity (Wildman–Crippen MR) is 73.1 cm³/mol. The summed E-state index contributed by atoms with van der Waals surface area (Å²) in [6, 6.07) is 0.446. The molecule has 1 heterocycles. The van der Waals surface area contributed by atoms with Crippen LogP contribution in [-0.4, -0.2) is 42.5 Å². The van der Waals surface area contributed by atoms with Gasteiger partial charge in [0, 0.05) is 25.7 Å². The molecule has 2 fully saturated rings. The molecule has 1 aliphatic heterocycles. The molecule has 2 rings (SSSR count). The molecule has 3 unspecified atom stereocenters. The number of carbonyl (C=O) groups is 1. The summed E-state index contributed by atoms with van der Waals surface area (Å²) in [6.45, 7) is 7.28. The Hall–Kier alpha value is -0.610. The number of hydrogen-bond donors (Lipinski definition) is 2. The molecule has 0 aromatic rings. The molecule has 1 saturated heterocycles. The molecule has 1 amide bonds. The highest BCUT2D eigenvalue weighted by molar-refractivity contribution is 5.80. The Morgan fingerprint density at radius 3 is 2.72 bits per heavy atom. The molecule has 3 N–H and O–H groups in total. The third kappa shape index (κ3) is 2.86. The molecule has 0 radical (unpaired) electrons. The lowest BCUT2D eigenvalue weighted by Crippen LogP contribution is -2.62. The maximum absolute atomic E-state index is 11.6. The summed E-state index contributed by atoms with van der Waals surface area (Å²) in [5.74, 6) is 1.24. The maximum Gasteiger partial charge on any atom is 0.236 e. The first-order valence-corrected chi connectivity index (χ1v) is 7.37. The molecule has 1 saturated carbocycles. The summed E-state index contributed by atoms with van der Waals surface area (Å²) < 4.78 is 0. The zero-order chi connectivity index (χ0) is 13.1. The van der Waals surface area contributed by atoms with Crippen LogP contribution < -0.4 is 11.1 Å². The molecule has 0 bridgehead atoms. The van der Waals surface area contributed by atoms with Crippen LogP contribution in [0.5, 0.6) is 0 Å². The molecule has 0 aromatic heterocycles. The fourth-order valence-corrected chi connectivity index (χ4v) is 3.71. The largest absolute Gasteiger partial charge is 0.368 e. The van der Waals surface area contributed by atoms with Gasteiger partial charge in [-0.25, -0.2) is 0 Å². The first kappa shape index (κ1) is 13.8. The summed E-state index contributed by atoms with van der Waals surface area (Å²) in [5.41, 5.74) is 5.57. The van der Waals surface area contributed by atoms with E-state index >= 15 is 0 Å². The van der Waals surface area contributed by atoms with E-state index in [1.165, 1.54) is 25.7 Å². The van der Waals surface area contributed by atoms with E-state index < -0.39 is 0 Å². The average molecular weight is 253 g/mol. The van der Waals surface area contributed by atoms with Crippen LogP contribution in [0.3, 0.4) is 0 Å². The maximum atomic E-state index is 11.6. The van der Waals surface area contributed by atoms with E-state index in [4.69, 9.17) is 5.73 Å². The quantitative estimate of drug-likeness (QED) is 0.787. The summed E-state index contributed by atoms with van der Waals surface area (Å²) in [5, 5.41) is 3.29. The van der Waals surface area contributed by atoms with Gasteiger partial charge in [0.2, 0.25) is 5.91 Å². The minimum Gasteiger partial charge on any atom is -0.368 e. The van der Waals surface area contributed by atoms with Crippen LogP contribution in [0.15, 0.2) is 0 Å². The van der Waals surface area contributed by atoms with Crippen molar-refractivity contribution >= 4 is 5.91 Å². The number of rotatable bonds is 3. The molecule has 18 heavy (non-hydrogen) atoms. The van der Waals surface area contributed by atoms with Crippen molar-refractivity contribution in [2.24, 2.45) is 17.6 Å². The first-order valence-electron chi connectivity index (χ1n) is 7.37. The molecule has 4 nitrogen and oxygen atoms in total. The van der Waals surface area contributed by atoms with E-state index in [9.17, 15) is 4.79 Å². The molecule has 0 spiro atoms. The molecule has 104 valence electrons. The van der Waals surface area contributed by atoms with E-state index in [2.05, 4.69) is 24.1 Å². The average Bonchev–Trinajstić information content (AvgIpc) is 2.38. The zero-order valence-electron chi connectivity index (χ0n) is 11.7. The monoisotopic (exact) mass is 253 g/mol. The van der Waals surface area contributed by atoms with Gasteiger partial charge in [-0.05, 0) is 24.7 Å². The summed E-state index contributed by atoms with van der Waals surface area (Å²) in [6.07, 6.45) is 5.17. The number of nitrogens with one attached hydrogen (secondary N) is 1. The first-order chi connectivity index (χ1) is 8.61. The second kappa shape index (κ2) is 6.02.